The van der Waals surface area contributed by atoms with Crippen molar-refractivity contribution in [2.75, 3.05) is 0 Å². The molecule has 0 fully saturated rings. The van der Waals surface area contributed by atoms with E-state index in [4.69, 9.17) is 4.99 Å². The summed E-state index contributed by atoms with van der Waals surface area (Å²) in [4.78, 5) is 8.10. The minimum atomic E-state index is -2.56. The Balaban J connectivity index is 1.30. The average Bonchev–Trinajstić information content (AvgIpc) is 3.94. The Morgan fingerprint density at radius 3 is 1.35 bits per heavy atom. The van der Waals surface area contributed by atoms with E-state index in [2.05, 4.69) is 168 Å². The summed E-state index contributed by atoms with van der Waals surface area (Å²) in [5.74, 6) is 0.525. The van der Waals surface area contributed by atoms with Crippen LogP contribution < -0.4 is 5.15 Å². The van der Waals surface area contributed by atoms with Gasteiger partial charge in [-0.1, -0.05) is 180 Å². The van der Waals surface area contributed by atoms with E-state index >= 15 is 8.96 Å². The summed E-state index contributed by atoms with van der Waals surface area (Å²) >= 11 is 3.06. The van der Waals surface area contributed by atoms with Crippen molar-refractivity contribution in [3.8, 4) is 32.1 Å². The highest BCUT2D eigenvalue weighted by molar-refractivity contribution is 7.23. The molecule has 0 saturated heterocycles. The minimum absolute atomic E-state index is 0.0159. The SMILES string of the molecule is CC(C)(C)c1ccc(C2=[N+]3C(=Nc4c5sc(-c6ccc(C(C)(C)C)cc6)cc5c(-c5ccc(C(C)(C)C)cc5)n4[N+]3(F)F)c3sc(-c4ccc(C(C)(C)C)cc4)cc32)cc1. The molecule has 306 valence electrons. The quantitative estimate of drug-likeness (QED) is 0.124. The monoisotopic (exact) mass is 836 g/mol. The first-order valence-corrected chi connectivity index (χ1v) is 22.5. The highest BCUT2D eigenvalue weighted by atomic mass is 32.1. The van der Waals surface area contributed by atoms with Gasteiger partial charge in [0.05, 0.1) is 10.2 Å². The molecule has 0 amide bonds. The van der Waals surface area contributed by atoms with Gasteiger partial charge in [0.1, 0.15) is 24.2 Å². The molecule has 4 aromatic carbocycles. The Labute approximate surface area is 361 Å². The van der Waals surface area contributed by atoms with E-state index in [0.29, 0.717) is 22.5 Å². The lowest BCUT2D eigenvalue weighted by atomic mass is 9.86. The van der Waals surface area contributed by atoms with Crippen LogP contribution in [-0.2, 0) is 21.7 Å². The molecule has 3 aromatic heterocycles. The van der Waals surface area contributed by atoms with Gasteiger partial charge >= 0.3 is 16.8 Å². The molecule has 0 saturated carbocycles. The average molecular weight is 837 g/mol. The van der Waals surface area contributed by atoms with Gasteiger partial charge in [-0.25, -0.2) is 0 Å². The summed E-state index contributed by atoms with van der Waals surface area (Å²) in [6.07, 6.45) is 0. The van der Waals surface area contributed by atoms with Gasteiger partial charge in [-0.05, 0) is 76.8 Å². The van der Waals surface area contributed by atoms with Crippen LogP contribution in [0, 0.1) is 0 Å². The molecule has 0 spiro atoms. The fraction of sp³-hybridized carbons (Fsp3) is 0.308. The van der Waals surface area contributed by atoms with Crippen LogP contribution in [0.4, 0.5) is 14.8 Å². The molecule has 0 aliphatic carbocycles. The summed E-state index contributed by atoms with van der Waals surface area (Å²) < 4.78 is 39.5. The number of quaternary nitrogens is 1. The zero-order valence-electron chi connectivity index (χ0n) is 36.8. The number of rotatable bonds is 4. The Bertz CT molecular complexity index is 2870. The standard InChI is InChI=1S/C52H54F2N4S2/c1-49(2,3)35-21-13-31(14-22-35)41-29-39-43(33-17-25-37(26-18-33)51(7,8)9)56-47(45(39)59-41)55-48-46-40(30-42(60-46)32-15-23-36(24-16-32)50(4,5)6)44(57(48)58(56,53)54)34-19-27-38(28-20-34)52(10,11)12/h13-30H,1-12H3/q+2. The summed E-state index contributed by atoms with van der Waals surface area (Å²) in [6, 6.07) is 37.7. The van der Waals surface area contributed by atoms with Crippen molar-refractivity contribution in [2.24, 2.45) is 4.99 Å². The van der Waals surface area contributed by atoms with Crippen LogP contribution in [0.3, 0.4) is 0 Å². The molecule has 4 nitrogen and oxygen atoms in total. The number of amidine groups is 1. The fourth-order valence-corrected chi connectivity index (χ4v) is 10.6. The molecule has 8 heteroatoms. The molecule has 0 bridgehead atoms. The highest BCUT2D eigenvalue weighted by Gasteiger charge is 2.62. The molecule has 2 aliphatic rings. The van der Waals surface area contributed by atoms with E-state index in [9.17, 15) is 0 Å². The number of nitrogens with zero attached hydrogens (tertiary/aromatic N) is 4. The largest absolute Gasteiger partial charge is 0.404 e. The fourth-order valence-electron chi connectivity index (χ4n) is 8.32. The van der Waals surface area contributed by atoms with E-state index < -0.39 is 5.15 Å². The third-order valence-corrected chi connectivity index (χ3v) is 14.4. The lowest BCUT2D eigenvalue weighted by Gasteiger charge is -2.21. The summed E-state index contributed by atoms with van der Waals surface area (Å²) in [7, 11) is 0. The number of halogens is 2. The maximum Gasteiger partial charge on any atom is 0.404 e. The van der Waals surface area contributed by atoms with E-state index in [1.54, 1.807) is 0 Å². The van der Waals surface area contributed by atoms with Gasteiger partial charge in [0.15, 0.2) is 0 Å². The van der Waals surface area contributed by atoms with Crippen molar-refractivity contribution < 1.29 is 13.6 Å². The lowest BCUT2D eigenvalue weighted by Crippen LogP contribution is -2.56. The van der Waals surface area contributed by atoms with Crippen LogP contribution in [0.25, 0.3) is 42.2 Å². The Morgan fingerprint density at radius 2 is 0.917 bits per heavy atom. The lowest BCUT2D eigenvalue weighted by molar-refractivity contribution is -0.735. The number of aliphatic imine (C=N–C) groups is 1. The molecule has 9 rings (SSSR count). The van der Waals surface area contributed by atoms with Gasteiger partial charge in [0.2, 0.25) is 5.71 Å². The minimum Gasteiger partial charge on any atom is -0.129 e. The predicted molar refractivity (Wildman–Crippen MR) is 251 cm³/mol. The molecule has 0 N–H and O–H groups in total. The number of benzene rings is 4. The molecule has 0 unspecified atom stereocenters. The maximum absolute atomic E-state index is 18.2. The van der Waals surface area contributed by atoms with Crippen LogP contribution in [0.2, 0.25) is 0 Å². The zero-order valence-corrected chi connectivity index (χ0v) is 38.4. The summed E-state index contributed by atoms with van der Waals surface area (Å²) in [5.41, 5.74) is 9.82. The van der Waals surface area contributed by atoms with Gasteiger partial charge in [-0.3, -0.25) is 0 Å². The first-order valence-electron chi connectivity index (χ1n) is 20.8. The van der Waals surface area contributed by atoms with Crippen molar-refractivity contribution in [3.05, 3.63) is 147 Å². The van der Waals surface area contributed by atoms with Crippen LogP contribution in [0.15, 0.2) is 114 Å². The third kappa shape index (κ3) is 6.63. The summed E-state index contributed by atoms with van der Waals surface area (Å²) in [6.45, 7) is 26.3. The first-order chi connectivity index (χ1) is 28.0. The van der Waals surface area contributed by atoms with Crippen molar-refractivity contribution in [2.45, 2.75) is 105 Å². The Morgan fingerprint density at radius 1 is 0.517 bits per heavy atom. The van der Waals surface area contributed by atoms with E-state index in [0.717, 1.165) is 61.9 Å². The van der Waals surface area contributed by atoms with Gasteiger partial charge in [0.25, 0.3) is 0 Å². The number of hydrogen-bond acceptors (Lipinski definition) is 3. The van der Waals surface area contributed by atoms with Gasteiger partial charge in [-0.2, -0.15) is 0 Å². The van der Waals surface area contributed by atoms with Crippen molar-refractivity contribution in [1.82, 2.24) is 9.82 Å². The predicted octanol–water partition coefficient (Wildman–Crippen LogP) is 15.0. The van der Waals surface area contributed by atoms with Gasteiger partial charge < -0.3 is 0 Å². The highest BCUT2D eigenvalue weighted by Crippen LogP contribution is 2.51. The molecule has 0 atom stereocenters. The second kappa shape index (κ2) is 13.5. The molecular weight excluding hydrogens is 783 g/mol. The zero-order chi connectivity index (χ0) is 42.9. The van der Waals surface area contributed by atoms with Crippen molar-refractivity contribution >= 4 is 50.1 Å². The first kappa shape index (κ1) is 40.4. The molecule has 2 aliphatic heterocycles. The van der Waals surface area contributed by atoms with Crippen LogP contribution in [0.1, 0.15) is 121 Å². The van der Waals surface area contributed by atoms with Crippen molar-refractivity contribution in [3.63, 3.8) is 0 Å². The number of fused-ring (bicyclic) bond motifs is 6. The Hall–Kier alpha value is -5.02. The van der Waals surface area contributed by atoms with E-state index in [1.165, 1.54) is 33.8 Å². The van der Waals surface area contributed by atoms with Crippen molar-refractivity contribution in [1.29, 1.82) is 0 Å². The molecule has 5 heterocycles. The third-order valence-electron chi connectivity index (χ3n) is 12.0. The molecular formula is C52H54F2N4S2+2. The topological polar surface area (TPSA) is 20.3 Å². The van der Waals surface area contributed by atoms with Gasteiger partial charge in [0, 0.05) is 26.3 Å². The number of hydrogen-bond donors (Lipinski definition) is 0. The number of aromatic nitrogens is 1. The molecule has 60 heavy (non-hydrogen) atoms. The molecule has 0 radical (unpaired) electrons. The Kier molecular flexibility index (Phi) is 9.08. The van der Waals surface area contributed by atoms with E-state index in [1.807, 2.05) is 24.3 Å². The smallest absolute Gasteiger partial charge is 0.129 e. The van der Waals surface area contributed by atoms with Gasteiger partial charge in [-0.15, -0.1) is 22.7 Å². The second-order valence-electron chi connectivity index (χ2n) is 20.6. The number of thiophene rings is 2. The maximum atomic E-state index is 18.2. The summed E-state index contributed by atoms with van der Waals surface area (Å²) in [5, 5.41) is -1.80. The van der Waals surface area contributed by atoms with Crippen LogP contribution in [0.5, 0.6) is 0 Å². The van der Waals surface area contributed by atoms with Crippen LogP contribution >= 0.6 is 22.7 Å². The van der Waals surface area contributed by atoms with E-state index in [-0.39, 0.29) is 33.3 Å². The normalized spacial score (nSPS) is 15.3. The molecule has 7 aromatic rings. The second-order valence-corrected chi connectivity index (χ2v) is 22.7. The van der Waals surface area contributed by atoms with Crippen LogP contribution in [-0.4, -0.2) is 20.9 Å².